The maximum Gasteiger partial charge on any atom is 0.335 e. The van der Waals surface area contributed by atoms with Crippen LogP contribution in [0.3, 0.4) is 0 Å². The summed E-state index contributed by atoms with van der Waals surface area (Å²) < 4.78 is 13.7. The Hall–Kier alpha value is -3.34. The van der Waals surface area contributed by atoms with Gasteiger partial charge in [0.25, 0.3) is 0 Å². The largest absolute Gasteiger partial charge is 0.478 e. The second-order valence-corrected chi connectivity index (χ2v) is 10.6. The number of likely N-dealkylation sites (tertiary alicyclic amines) is 1. The van der Waals surface area contributed by atoms with Crippen molar-refractivity contribution >= 4 is 28.3 Å². The van der Waals surface area contributed by atoms with Crippen LogP contribution in [0.25, 0.3) is 11.0 Å². The molecule has 10 heteroatoms. The molecule has 6 rings (SSSR count). The number of aromatic carboxylic acids is 1. The van der Waals surface area contributed by atoms with Crippen molar-refractivity contribution < 1.29 is 19.4 Å². The Morgan fingerprint density at radius 1 is 1.16 bits per heavy atom. The first kappa shape index (κ1) is 24.0. The predicted octanol–water partition coefficient (Wildman–Crippen LogP) is 4.33. The summed E-state index contributed by atoms with van der Waals surface area (Å²) in [6.07, 6.45) is 4.98. The zero-order valence-electron chi connectivity index (χ0n) is 20.5. The van der Waals surface area contributed by atoms with Gasteiger partial charge < -0.3 is 19.1 Å². The number of hydrogen-bond acceptors (Lipinski definition) is 8. The second kappa shape index (κ2) is 10.6. The van der Waals surface area contributed by atoms with Crippen LogP contribution in [0.2, 0.25) is 0 Å². The highest BCUT2D eigenvalue weighted by atomic mass is 32.1. The second-order valence-electron chi connectivity index (χ2n) is 9.59. The van der Waals surface area contributed by atoms with Crippen molar-refractivity contribution in [3.63, 3.8) is 0 Å². The number of imidazole rings is 1. The van der Waals surface area contributed by atoms with Gasteiger partial charge in [-0.2, -0.15) is 0 Å². The number of rotatable bonds is 9. The van der Waals surface area contributed by atoms with Crippen LogP contribution in [-0.4, -0.2) is 61.3 Å². The molecule has 0 radical (unpaired) electrons. The van der Waals surface area contributed by atoms with Crippen LogP contribution >= 0.6 is 11.3 Å². The number of thiazole rings is 1. The molecule has 2 aliphatic rings. The number of piperidine rings is 1. The van der Waals surface area contributed by atoms with Crippen molar-refractivity contribution in [2.24, 2.45) is 0 Å². The first-order valence-electron chi connectivity index (χ1n) is 12.7. The Morgan fingerprint density at radius 3 is 2.76 bits per heavy atom. The monoisotopic (exact) mass is 519 g/mol. The van der Waals surface area contributed by atoms with E-state index in [2.05, 4.69) is 20.5 Å². The maximum atomic E-state index is 11.6. The molecule has 0 amide bonds. The lowest BCUT2D eigenvalue weighted by atomic mass is 9.93. The quantitative estimate of drug-likeness (QED) is 0.349. The zero-order chi connectivity index (χ0) is 25.2. The van der Waals surface area contributed by atoms with Crippen molar-refractivity contribution in [3.8, 4) is 5.88 Å². The molecule has 1 N–H and O–H groups in total. The van der Waals surface area contributed by atoms with E-state index in [9.17, 15) is 9.90 Å². The molecule has 0 bridgehead atoms. The van der Waals surface area contributed by atoms with Crippen LogP contribution in [0.4, 0.5) is 0 Å². The Labute approximate surface area is 218 Å². The predicted molar refractivity (Wildman–Crippen MR) is 139 cm³/mol. The number of hydrogen-bond donors (Lipinski definition) is 1. The zero-order valence-corrected chi connectivity index (χ0v) is 21.3. The molecular formula is C27H29N5O4S. The van der Waals surface area contributed by atoms with E-state index in [-0.39, 0.29) is 11.7 Å². The molecule has 1 atom stereocenters. The van der Waals surface area contributed by atoms with Gasteiger partial charge in [-0.3, -0.25) is 4.90 Å². The molecule has 5 heterocycles. The fourth-order valence-electron chi connectivity index (χ4n) is 5.05. The lowest BCUT2D eigenvalue weighted by molar-refractivity contribution is -0.0592. The van der Waals surface area contributed by atoms with Crippen LogP contribution in [0, 0.1) is 0 Å². The first-order chi connectivity index (χ1) is 18.1. The van der Waals surface area contributed by atoms with Gasteiger partial charge in [-0.25, -0.2) is 19.7 Å². The molecule has 0 saturated carbocycles. The van der Waals surface area contributed by atoms with Crippen LogP contribution in [0.1, 0.15) is 52.1 Å². The van der Waals surface area contributed by atoms with E-state index in [0.717, 1.165) is 73.1 Å². The van der Waals surface area contributed by atoms with Crippen LogP contribution < -0.4 is 4.74 Å². The molecule has 2 aliphatic heterocycles. The molecule has 9 nitrogen and oxygen atoms in total. The molecule has 3 aromatic heterocycles. The minimum absolute atomic E-state index is 0.159. The lowest BCUT2D eigenvalue weighted by Gasteiger charge is -2.32. The topological polar surface area (TPSA) is 103 Å². The number of nitrogens with zero attached hydrogens (tertiary/aromatic N) is 5. The van der Waals surface area contributed by atoms with Gasteiger partial charge in [-0.15, -0.1) is 11.3 Å². The van der Waals surface area contributed by atoms with E-state index in [0.29, 0.717) is 24.9 Å². The minimum Gasteiger partial charge on any atom is -0.478 e. The molecule has 0 spiro atoms. The summed E-state index contributed by atoms with van der Waals surface area (Å²) in [4.78, 5) is 27.9. The Balaban J connectivity index is 1.12. The third-order valence-electron chi connectivity index (χ3n) is 7.20. The van der Waals surface area contributed by atoms with Crippen LogP contribution in [0.5, 0.6) is 5.88 Å². The van der Waals surface area contributed by atoms with E-state index in [1.54, 1.807) is 29.7 Å². The number of carboxylic acids is 1. The number of carboxylic acid groups (broad SMARTS) is 1. The van der Waals surface area contributed by atoms with Crippen molar-refractivity contribution in [3.05, 3.63) is 70.1 Å². The van der Waals surface area contributed by atoms with Gasteiger partial charge in [0.1, 0.15) is 17.4 Å². The highest BCUT2D eigenvalue weighted by Gasteiger charge is 2.26. The number of carbonyl (C=O) groups is 1. The molecule has 0 aliphatic carbocycles. The van der Waals surface area contributed by atoms with Crippen molar-refractivity contribution in [1.29, 1.82) is 0 Å². The lowest BCUT2D eigenvalue weighted by Crippen LogP contribution is -2.35. The number of ether oxygens (including phenoxy) is 2. The van der Waals surface area contributed by atoms with Crippen LogP contribution in [0.15, 0.2) is 48.0 Å². The fourth-order valence-corrected chi connectivity index (χ4v) is 5.58. The first-order valence-corrected chi connectivity index (χ1v) is 13.5. The summed E-state index contributed by atoms with van der Waals surface area (Å²) in [5.41, 5.74) is 3.04. The fraction of sp³-hybridized carbons (Fsp3) is 0.407. The standard InChI is InChI=1S/C27H29N5O4S/c33-27(34)19-4-5-22-23(14-19)32(15-20-8-12-35-20)24(29-22)16-31-10-6-18(7-11-31)21-2-1-3-25(30-21)36-17-26-28-9-13-37-26/h1-5,9,13-14,18,20H,6-8,10-12,15-17H2,(H,33,34). The van der Waals surface area contributed by atoms with Gasteiger partial charge in [-0.1, -0.05) is 6.07 Å². The number of benzene rings is 1. The molecule has 4 aromatic rings. The van der Waals surface area contributed by atoms with E-state index >= 15 is 0 Å². The van der Waals surface area contributed by atoms with Gasteiger partial charge in [0.2, 0.25) is 5.88 Å². The Kier molecular flexibility index (Phi) is 6.86. The smallest absolute Gasteiger partial charge is 0.335 e. The van der Waals surface area contributed by atoms with Crippen molar-refractivity contribution in [2.45, 2.75) is 51.0 Å². The third kappa shape index (κ3) is 5.36. The number of fused-ring (bicyclic) bond motifs is 1. The summed E-state index contributed by atoms with van der Waals surface area (Å²) >= 11 is 1.58. The van der Waals surface area contributed by atoms with Crippen molar-refractivity contribution in [1.82, 2.24) is 24.4 Å². The Bertz CT molecular complexity index is 1380. The molecule has 1 aromatic carbocycles. The van der Waals surface area contributed by atoms with Gasteiger partial charge >= 0.3 is 5.97 Å². The van der Waals surface area contributed by atoms with Gasteiger partial charge in [-0.05, 0) is 56.6 Å². The average Bonchev–Trinajstić information content (AvgIpc) is 3.53. The summed E-state index contributed by atoms with van der Waals surface area (Å²) in [6.45, 7) is 4.53. The molecular weight excluding hydrogens is 490 g/mol. The third-order valence-corrected chi connectivity index (χ3v) is 7.95. The van der Waals surface area contributed by atoms with Crippen molar-refractivity contribution in [2.75, 3.05) is 19.7 Å². The van der Waals surface area contributed by atoms with Gasteiger partial charge in [0, 0.05) is 35.9 Å². The Morgan fingerprint density at radius 2 is 2.03 bits per heavy atom. The molecule has 37 heavy (non-hydrogen) atoms. The van der Waals surface area contributed by atoms with Gasteiger partial charge in [0.05, 0.1) is 35.8 Å². The SMILES string of the molecule is O=C(O)c1ccc2nc(CN3CCC(c4cccc(OCc5nccs5)n4)CC3)n(CC3CCO3)c2c1. The molecule has 1 unspecified atom stereocenters. The number of aromatic nitrogens is 4. The summed E-state index contributed by atoms with van der Waals surface area (Å²) in [5.74, 6) is 1.06. The molecule has 2 fully saturated rings. The van der Waals surface area contributed by atoms with E-state index in [1.165, 1.54) is 0 Å². The number of pyridine rings is 1. The van der Waals surface area contributed by atoms with Crippen LogP contribution in [-0.2, 0) is 24.4 Å². The molecule has 2 saturated heterocycles. The van der Waals surface area contributed by atoms with Gasteiger partial charge in [0.15, 0.2) is 0 Å². The van der Waals surface area contributed by atoms with E-state index in [4.69, 9.17) is 19.4 Å². The average molecular weight is 520 g/mol. The highest BCUT2D eigenvalue weighted by Crippen LogP contribution is 2.30. The van der Waals surface area contributed by atoms with E-state index < -0.39 is 5.97 Å². The minimum atomic E-state index is -0.926. The summed E-state index contributed by atoms with van der Waals surface area (Å²) in [7, 11) is 0. The molecule has 192 valence electrons. The summed E-state index contributed by atoms with van der Waals surface area (Å²) in [6, 6.07) is 11.2. The van der Waals surface area contributed by atoms with E-state index in [1.807, 2.05) is 23.6 Å². The normalized spacial score (nSPS) is 18.6. The maximum absolute atomic E-state index is 11.6. The highest BCUT2D eigenvalue weighted by molar-refractivity contribution is 7.09. The summed E-state index contributed by atoms with van der Waals surface area (Å²) in [5, 5.41) is 12.4.